The molecule has 2 aromatic heterocycles. The van der Waals surface area contributed by atoms with Gasteiger partial charge in [-0.1, -0.05) is 12.1 Å². The van der Waals surface area contributed by atoms with Gasteiger partial charge in [-0.05, 0) is 49.2 Å². The molecular weight excluding hydrogens is 542 g/mol. The Morgan fingerprint density at radius 2 is 1.71 bits per heavy atom. The molecule has 1 aliphatic heterocycles. The molecule has 0 unspecified atom stereocenters. The van der Waals surface area contributed by atoms with Crippen molar-refractivity contribution < 1.29 is 24.2 Å². The van der Waals surface area contributed by atoms with Crippen LogP contribution in [0.2, 0.25) is 0 Å². The molecule has 0 aliphatic carbocycles. The maximum atomic E-state index is 12.5. The van der Waals surface area contributed by atoms with Crippen LogP contribution in [0.1, 0.15) is 40.0 Å². The minimum absolute atomic E-state index is 0.0607. The number of hydrogen-bond acceptors (Lipinski definition) is 11. The van der Waals surface area contributed by atoms with Crippen LogP contribution < -0.4 is 26.6 Å². The van der Waals surface area contributed by atoms with Crippen molar-refractivity contribution in [2.24, 2.45) is 5.84 Å². The van der Waals surface area contributed by atoms with Gasteiger partial charge in [-0.25, -0.2) is 10.8 Å². The number of aryl methyl sites for hydroxylation is 1. The molecule has 0 fully saturated rings. The molecule has 0 saturated carbocycles. The van der Waals surface area contributed by atoms with Gasteiger partial charge in [-0.3, -0.25) is 29.0 Å². The molecule has 4 aromatic rings. The van der Waals surface area contributed by atoms with Crippen LogP contribution in [0.25, 0.3) is 0 Å². The predicted molar refractivity (Wildman–Crippen MR) is 154 cm³/mol. The fourth-order valence-corrected chi connectivity index (χ4v) is 4.39. The van der Waals surface area contributed by atoms with Crippen LogP contribution in [-0.4, -0.2) is 60.7 Å². The van der Waals surface area contributed by atoms with Gasteiger partial charge in [0.2, 0.25) is 5.95 Å². The van der Waals surface area contributed by atoms with E-state index in [1.165, 1.54) is 16.1 Å². The molecule has 1 aliphatic rings. The molecule has 2 aromatic carbocycles. The first kappa shape index (κ1) is 28.0. The third-order valence-corrected chi connectivity index (χ3v) is 6.48. The van der Waals surface area contributed by atoms with Crippen molar-refractivity contribution in [3.63, 3.8) is 0 Å². The highest BCUT2D eigenvalue weighted by Crippen LogP contribution is 2.28. The molecular formula is C28H29N9O5. The molecule has 42 heavy (non-hydrogen) atoms. The lowest BCUT2D eigenvalue weighted by atomic mass is 10.1. The number of aromatic nitrogens is 4. The third kappa shape index (κ3) is 6.28. The topological polar surface area (TPSA) is 195 Å². The Kier molecular flexibility index (Phi) is 8.24. The van der Waals surface area contributed by atoms with Crippen molar-refractivity contribution in [1.82, 2.24) is 24.6 Å². The highest BCUT2D eigenvalue weighted by atomic mass is 16.5. The van der Waals surface area contributed by atoms with E-state index >= 15 is 0 Å². The normalized spacial score (nSPS) is 12.4. The molecule has 3 heterocycles. The average molecular weight is 572 g/mol. The molecule has 216 valence electrons. The summed E-state index contributed by atoms with van der Waals surface area (Å²) in [7, 11) is 0. The van der Waals surface area contributed by atoms with Gasteiger partial charge in [0.25, 0.3) is 11.8 Å². The monoisotopic (exact) mass is 571 g/mol. The lowest BCUT2D eigenvalue weighted by molar-refractivity contribution is -0.137. The second-order valence-electron chi connectivity index (χ2n) is 9.46. The number of carbonyl (C=O) groups is 3. The van der Waals surface area contributed by atoms with Gasteiger partial charge in [-0.2, -0.15) is 10.1 Å². The Morgan fingerprint density at radius 1 is 1.00 bits per heavy atom. The van der Waals surface area contributed by atoms with Gasteiger partial charge in [0.1, 0.15) is 5.75 Å². The Balaban J connectivity index is 1.14. The zero-order valence-corrected chi connectivity index (χ0v) is 22.5. The zero-order valence-electron chi connectivity index (χ0n) is 22.5. The summed E-state index contributed by atoms with van der Waals surface area (Å²) in [5.74, 6) is 6.02. The molecule has 0 spiro atoms. The second-order valence-corrected chi connectivity index (χ2v) is 9.46. The molecule has 5 rings (SSSR count). The molecule has 2 amide bonds. The van der Waals surface area contributed by atoms with Crippen molar-refractivity contribution in [2.75, 3.05) is 29.2 Å². The van der Waals surface area contributed by atoms with E-state index in [1.807, 2.05) is 0 Å². The second kappa shape index (κ2) is 12.3. The summed E-state index contributed by atoms with van der Waals surface area (Å²) in [4.78, 5) is 45.6. The number of nitrogens with zero attached hydrogens (tertiary/aromatic N) is 6. The average Bonchev–Trinajstić information content (AvgIpc) is 3.53. The molecule has 14 nitrogen and oxygen atoms in total. The van der Waals surface area contributed by atoms with Crippen LogP contribution in [-0.2, 0) is 11.3 Å². The maximum absolute atomic E-state index is 12.5. The van der Waals surface area contributed by atoms with Crippen LogP contribution in [0.5, 0.6) is 5.75 Å². The lowest BCUT2D eigenvalue weighted by Crippen LogP contribution is -2.31. The van der Waals surface area contributed by atoms with E-state index in [9.17, 15) is 14.4 Å². The van der Waals surface area contributed by atoms with Crippen molar-refractivity contribution in [1.29, 1.82) is 0 Å². The first-order valence-electron chi connectivity index (χ1n) is 13.2. The Hall–Kier alpha value is -5.50. The van der Waals surface area contributed by atoms with E-state index in [0.29, 0.717) is 54.2 Å². The predicted octanol–water partition coefficient (Wildman–Crippen LogP) is 2.94. The number of nitrogens with two attached hydrogens (primary N) is 2. The summed E-state index contributed by atoms with van der Waals surface area (Å²) in [6.07, 6.45) is 5.74. The number of amides is 2. The summed E-state index contributed by atoms with van der Waals surface area (Å²) < 4.78 is 7.43. The van der Waals surface area contributed by atoms with Gasteiger partial charge < -0.3 is 20.9 Å². The van der Waals surface area contributed by atoms with E-state index < -0.39 is 5.97 Å². The number of hydrazine groups is 1. The minimum atomic E-state index is -0.853. The first-order chi connectivity index (χ1) is 20.3. The quantitative estimate of drug-likeness (QED) is 0.0794. The number of carboxylic acids is 1. The number of carbonyl (C=O) groups excluding carboxylic acids is 2. The van der Waals surface area contributed by atoms with E-state index in [-0.39, 0.29) is 42.2 Å². The zero-order chi connectivity index (χ0) is 29.6. The molecule has 0 saturated heterocycles. The van der Waals surface area contributed by atoms with Gasteiger partial charge in [0, 0.05) is 25.7 Å². The van der Waals surface area contributed by atoms with Crippen LogP contribution in [0.4, 0.5) is 28.8 Å². The summed E-state index contributed by atoms with van der Waals surface area (Å²) in [6, 6.07) is 13.8. The number of aliphatic carboxylic acids is 1. The number of carboxylic acid groups (broad SMARTS) is 1. The maximum Gasteiger partial charge on any atom is 0.303 e. The smallest absolute Gasteiger partial charge is 0.303 e. The summed E-state index contributed by atoms with van der Waals surface area (Å²) in [6.45, 7) is 1.03. The first-order valence-corrected chi connectivity index (χ1v) is 13.2. The number of benzene rings is 2. The van der Waals surface area contributed by atoms with Crippen molar-refractivity contribution in [2.45, 2.75) is 25.8 Å². The van der Waals surface area contributed by atoms with Crippen LogP contribution >= 0.6 is 0 Å². The number of hydrogen-bond donors (Lipinski definition) is 4. The SMILES string of the molecule is Nc1cnc(Nc2cnn(CCCC(=O)O)c2)nc1N(N)c1ccc(OCCCN2C(=O)c3ccccc3C2=O)cc1. The molecule has 0 atom stereocenters. The summed E-state index contributed by atoms with van der Waals surface area (Å²) in [5.41, 5.74) is 8.44. The van der Waals surface area contributed by atoms with Gasteiger partial charge in [0.15, 0.2) is 5.82 Å². The van der Waals surface area contributed by atoms with E-state index in [2.05, 4.69) is 20.4 Å². The fourth-order valence-electron chi connectivity index (χ4n) is 4.39. The number of rotatable bonds is 13. The molecule has 14 heteroatoms. The molecule has 6 N–H and O–H groups in total. The molecule has 0 radical (unpaired) electrons. The van der Waals surface area contributed by atoms with E-state index in [4.69, 9.17) is 21.4 Å². The number of fused-ring (bicyclic) bond motifs is 1. The Morgan fingerprint density at radius 3 is 2.40 bits per heavy atom. The van der Waals surface area contributed by atoms with E-state index in [0.717, 1.165) is 0 Å². The Labute approximate surface area is 240 Å². The van der Waals surface area contributed by atoms with Gasteiger partial charge in [-0.15, -0.1) is 0 Å². The minimum Gasteiger partial charge on any atom is -0.494 e. The summed E-state index contributed by atoms with van der Waals surface area (Å²) >= 11 is 0. The largest absolute Gasteiger partial charge is 0.494 e. The number of nitrogen functional groups attached to an aromatic ring is 1. The van der Waals surface area contributed by atoms with Gasteiger partial charge >= 0.3 is 5.97 Å². The lowest BCUT2D eigenvalue weighted by Gasteiger charge is -2.20. The highest BCUT2D eigenvalue weighted by Gasteiger charge is 2.34. The standard InChI is InChI=1S/C28H29N9O5/c29-23-16-31-28(33-18-15-32-35(17-18)12-3-7-24(38)39)34-25(23)37(30)19-8-10-20(11-9-19)42-14-4-13-36-26(40)21-5-1-2-6-22(21)27(36)41/h1-2,5-6,8-11,15-17H,3-4,7,12-14,29-30H2,(H,38,39)(H,31,33,34). The summed E-state index contributed by atoms with van der Waals surface area (Å²) in [5, 5.41) is 17.4. The fraction of sp³-hybridized carbons (Fsp3) is 0.214. The third-order valence-electron chi connectivity index (χ3n) is 6.48. The van der Waals surface area contributed by atoms with Gasteiger partial charge in [0.05, 0.1) is 47.2 Å². The van der Waals surface area contributed by atoms with Crippen LogP contribution in [0, 0.1) is 0 Å². The van der Waals surface area contributed by atoms with Crippen molar-refractivity contribution >= 4 is 46.6 Å². The molecule has 0 bridgehead atoms. The van der Waals surface area contributed by atoms with Crippen molar-refractivity contribution in [3.05, 3.63) is 78.2 Å². The number of nitrogens with one attached hydrogen (secondary N) is 1. The van der Waals surface area contributed by atoms with Crippen LogP contribution in [0.15, 0.2) is 67.1 Å². The number of imide groups is 1. The van der Waals surface area contributed by atoms with E-state index in [1.54, 1.807) is 65.6 Å². The Bertz CT molecular complexity index is 1570. The highest BCUT2D eigenvalue weighted by molar-refractivity contribution is 6.21. The van der Waals surface area contributed by atoms with Crippen molar-refractivity contribution in [3.8, 4) is 5.75 Å². The van der Waals surface area contributed by atoms with Crippen LogP contribution in [0.3, 0.4) is 0 Å². The number of anilines is 5. The number of ether oxygens (including phenoxy) is 1.